The minimum atomic E-state index is 0.726. The fourth-order valence-electron chi connectivity index (χ4n) is 3.51. The number of benzene rings is 1. The van der Waals surface area contributed by atoms with Crippen molar-refractivity contribution in [2.24, 2.45) is 0 Å². The van der Waals surface area contributed by atoms with E-state index in [2.05, 4.69) is 58.4 Å². The molecular formula is C18H30N4. The molecule has 0 aromatic heterocycles. The molecular weight excluding hydrogens is 272 g/mol. The van der Waals surface area contributed by atoms with Gasteiger partial charge >= 0.3 is 0 Å². The Bertz CT molecular complexity index is 451. The van der Waals surface area contributed by atoms with E-state index in [1.165, 1.54) is 30.6 Å². The van der Waals surface area contributed by atoms with Crippen LogP contribution in [0.4, 0.5) is 5.69 Å². The van der Waals surface area contributed by atoms with Crippen molar-refractivity contribution in [2.75, 3.05) is 58.3 Å². The molecule has 2 aliphatic heterocycles. The number of rotatable bonds is 5. The zero-order valence-corrected chi connectivity index (χ0v) is 14.1. The van der Waals surface area contributed by atoms with Crippen LogP contribution in [-0.4, -0.2) is 69.2 Å². The number of nitrogens with zero attached hydrogens (tertiary/aromatic N) is 3. The summed E-state index contributed by atoms with van der Waals surface area (Å²) in [7, 11) is 4.44. The van der Waals surface area contributed by atoms with Gasteiger partial charge in [-0.2, -0.15) is 0 Å². The third kappa shape index (κ3) is 4.00. The highest BCUT2D eigenvalue weighted by Gasteiger charge is 2.19. The zero-order chi connectivity index (χ0) is 15.4. The SMILES string of the molecule is CN1CCN(c2ccc(CNCC3CCCN3C)cc2)CC1. The minimum Gasteiger partial charge on any atom is -0.369 e. The molecule has 0 bridgehead atoms. The number of hydrogen-bond acceptors (Lipinski definition) is 4. The molecule has 0 spiro atoms. The summed E-state index contributed by atoms with van der Waals surface area (Å²) in [6.45, 7) is 7.96. The summed E-state index contributed by atoms with van der Waals surface area (Å²) in [5.41, 5.74) is 2.76. The standard InChI is InChI=1S/C18H30N4/c1-20-10-12-22(13-11-20)17-7-5-16(6-8-17)14-19-15-18-4-3-9-21(18)2/h5-8,18-19H,3-4,9-15H2,1-2H3. The normalized spacial score (nSPS) is 24.1. The summed E-state index contributed by atoms with van der Waals surface area (Å²) in [5.74, 6) is 0. The first kappa shape index (κ1) is 15.8. The van der Waals surface area contributed by atoms with Crippen molar-refractivity contribution < 1.29 is 0 Å². The summed E-state index contributed by atoms with van der Waals surface area (Å²) in [5, 5.41) is 3.62. The second kappa shape index (κ2) is 7.44. The third-order valence-electron chi connectivity index (χ3n) is 5.19. The quantitative estimate of drug-likeness (QED) is 0.892. The fraction of sp³-hybridized carbons (Fsp3) is 0.667. The molecule has 1 aromatic carbocycles. The molecule has 2 heterocycles. The number of likely N-dealkylation sites (tertiary alicyclic amines) is 1. The van der Waals surface area contributed by atoms with Crippen LogP contribution in [0.3, 0.4) is 0 Å². The lowest BCUT2D eigenvalue weighted by atomic mass is 10.1. The monoisotopic (exact) mass is 302 g/mol. The van der Waals surface area contributed by atoms with Gasteiger partial charge in [0.05, 0.1) is 0 Å². The molecule has 4 nitrogen and oxygen atoms in total. The molecule has 2 fully saturated rings. The van der Waals surface area contributed by atoms with Crippen molar-refractivity contribution in [2.45, 2.75) is 25.4 Å². The van der Waals surface area contributed by atoms with Crippen LogP contribution in [0.1, 0.15) is 18.4 Å². The highest BCUT2D eigenvalue weighted by Crippen LogP contribution is 2.17. The Morgan fingerprint density at radius 2 is 1.73 bits per heavy atom. The van der Waals surface area contributed by atoms with Gasteiger partial charge in [0.25, 0.3) is 0 Å². The second-order valence-corrected chi connectivity index (χ2v) is 6.86. The van der Waals surface area contributed by atoms with E-state index in [0.717, 1.165) is 45.3 Å². The van der Waals surface area contributed by atoms with E-state index >= 15 is 0 Å². The van der Waals surface area contributed by atoms with Gasteiger partial charge in [-0.25, -0.2) is 0 Å². The fourth-order valence-corrected chi connectivity index (χ4v) is 3.51. The Hall–Kier alpha value is -1.10. The molecule has 22 heavy (non-hydrogen) atoms. The maximum absolute atomic E-state index is 3.62. The molecule has 3 rings (SSSR count). The second-order valence-electron chi connectivity index (χ2n) is 6.86. The van der Waals surface area contributed by atoms with Gasteiger partial charge in [-0.1, -0.05) is 12.1 Å². The van der Waals surface area contributed by atoms with Crippen LogP contribution in [0.15, 0.2) is 24.3 Å². The Morgan fingerprint density at radius 3 is 2.36 bits per heavy atom. The van der Waals surface area contributed by atoms with Crippen molar-refractivity contribution in [3.05, 3.63) is 29.8 Å². The smallest absolute Gasteiger partial charge is 0.0367 e. The van der Waals surface area contributed by atoms with E-state index in [-0.39, 0.29) is 0 Å². The van der Waals surface area contributed by atoms with Gasteiger partial charge in [-0.15, -0.1) is 0 Å². The van der Waals surface area contributed by atoms with E-state index in [0.29, 0.717) is 0 Å². The van der Waals surface area contributed by atoms with Gasteiger partial charge < -0.3 is 20.0 Å². The average molecular weight is 302 g/mol. The van der Waals surface area contributed by atoms with Gasteiger partial charge in [0, 0.05) is 51.0 Å². The van der Waals surface area contributed by atoms with Crippen LogP contribution in [-0.2, 0) is 6.54 Å². The van der Waals surface area contributed by atoms with Crippen molar-refractivity contribution >= 4 is 5.69 Å². The summed E-state index contributed by atoms with van der Waals surface area (Å²) in [6, 6.07) is 9.84. The summed E-state index contributed by atoms with van der Waals surface area (Å²) < 4.78 is 0. The number of anilines is 1. The zero-order valence-electron chi connectivity index (χ0n) is 14.1. The maximum atomic E-state index is 3.62. The van der Waals surface area contributed by atoms with Crippen LogP contribution in [0.2, 0.25) is 0 Å². The first-order chi connectivity index (χ1) is 10.7. The molecule has 4 heteroatoms. The van der Waals surface area contributed by atoms with Gasteiger partial charge in [-0.05, 0) is 51.2 Å². The molecule has 0 amide bonds. The van der Waals surface area contributed by atoms with Gasteiger partial charge in [-0.3, -0.25) is 0 Å². The molecule has 2 saturated heterocycles. The number of nitrogens with one attached hydrogen (secondary N) is 1. The summed E-state index contributed by atoms with van der Waals surface area (Å²) >= 11 is 0. The number of piperazine rings is 1. The summed E-state index contributed by atoms with van der Waals surface area (Å²) in [6.07, 6.45) is 2.69. The van der Waals surface area contributed by atoms with Gasteiger partial charge in [0.15, 0.2) is 0 Å². The molecule has 0 aliphatic carbocycles. The van der Waals surface area contributed by atoms with Crippen LogP contribution in [0, 0.1) is 0 Å². The molecule has 0 radical (unpaired) electrons. The van der Waals surface area contributed by atoms with Crippen molar-refractivity contribution in [1.82, 2.24) is 15.1 Å². The predicted molar refractivity (Wildman–Crippen MR) is 93.5 cm³/mol. The minimum absolute atomic E-state index is 0.726. The first-order valence-electron chi connectivity index (χ1n) is 8.66. The van der Waals surface area contributed by atoms with Crippen molar-refractivity contribution in [3.8, 4) is 0 Å². The van der Waals surface area contributed by atoms with E-state index in [9.17, 15) is 0 Å². The molecule has 1 aromatic rings. The van der Waals surface area contributed by atoms with E-state index in [1.54, 1.807) is 0 Å². The Labute approximate surface area is 135 Å². The van der Waals surface area contributed by atoms with E-state index in [4.69, 9.17) is 0 Å². The van der Waals surface area contributed by atoms with Gasteiger partial charge in [0.1, 0.15) is 0 Å². The lowest BCUT2D eigenvalue weighted by Gasteiger charge is -2.34. The Morgan fingerprint density at radius 1 is 1.00 bits per heavy atom. The topological polar surface area (TPSA) is 21.8 Å². The molecule has 1 N–H and O–H groups in total. The highest BCUT2D eigenvalue weighted by molar-refractivity contribution is 5.48. The van der Waals surface area contributed by atoms with Crippen LogP contribution in [0.5, 0.6) is 0 Å². The Balaban J connectivity index is 1.45. The van der Waals surface area contributed by atoms with E-state index < -0.39 is 0 Å². The number of likely N-dealkylation sites (N-methyl/N-ethyl adjacent to an activating group) is 2. The van der Waals surface area contributed by atoms with Crippen molar-refractivity contribution in [1.29, 1.82) is 0 Å². The van der Waals surface area contributed by atoms with Crippen molar-refractivity contribution in [3.63, 3.8) is 0 Å². The van der Waals surface area contributed by atoms with Crippen LogP contribution < -0.4 is 10.2 Å². The molecule has 0 saturated carbocycles. The molecule has 1 atom stereocenters. The molecule has 2 aliphatic rings. The van der Waals surface area contributed by atoms with Crippen LogP contribution in [0.25, 0.3) is 0 Å². The first-order valence-corrected chi connectivity index (χ1v) is 8.66. The Kier molecular flexibility index (Phi) is 5.34. The largest absolute Gasteiger partial charge is 0.369 e. The number of hydrogen-bond donors (Lipinski definition) is 1. The van der Waals surface area contributed by atoms with Gasteiger partial charge in [0.2, 0.25) is 0 Å². The molecule has 122 valence electrons. The summed E-state index contributed by atoms with van der Waals surface area (Å²) in [4.78, 5) is 7.36. The lowest BCUT2D eigenvalue weighted by Crippen LogP contribution is -2.44. The van der Waals surface area contributed by atoms with Crippen LogP contribution >= 0.6 is 0 Å². The lowest BCUT2D eigenvalue weighted by molar-refractivity contribution is 0.300. The van der Waals surface area contributed by atoms with E-state index in [1.807, 2.05) is 0 Å². The maximum Gasteiger partial charge on any atom is 0.0367 e. The predicted octanol–water partition coefficient (Wildman–Crippen LogP) is 1.62. The average Bonchev–Trinajstić information content (AvgIpc) is 2.94. The highest BCUT2D eigenvalue weighted by atomic mass is 15.2. The third-order valence-corrected chi connectivity index (χ3v) is 5.19. The molecule has 1 unspecified atom stereocenters.